The number of hydrogen-bond acceptors (Lipinski definition) is 1. The standard InChI is InChI=1S/C8H17N/c1-4-7-8(9,5-2)6-3/h4,7H,5-6,9H2,1-3H3. The summed E-state index contributed by atoms with van der Waals surface area (Å²) in [6, 6.07) is 0. The third kappa shape index (κ3) is 2.66. The molecule has 0 aromatic rings. The molecule has 0 aliphatic heterocycles. The average Bonchev–Trinajstić information content (AvgIpc) is 1.89. The Labute approximate surface area is 57.9 Å². The van der Waals surface area contributed by atoms with Crippen molar-refractivity contribution in [3.63, 3.8) is 0 Å². The summed E-state index contributed by atoms with van der Waals surface area (Å²) in [7, 11) is 0. The van der Waals surface area contributed by atoms with Crippen molar-refractivity contribution in [2.75, 3.05) is 0 Å². The molecule has 0 aromatic carbocycles. The molecule has 1 heteroatoms. The van der Waals surface area contributed by atoms with Crippen molar-refractivity contribution in [1.29, 1.82) is 0 Å². The molecule has 0 aliphatic carbocycles. The average molecular weight is 127 g/mol. The van der Waals surface area contributed by atoms with Gasteiger partial charge in [0.2, 0.25) is 0 Å². The molecule has 0 unspecified atom stereocenters. The Bertz CT molecular complexity index is 90.7. The predicted octanol–water partition coefficient (Wildman–Crippen LogP) is 2.08. The lowest BCUT2D eigenvalue weighted by molar-refractivity contribution is 0.493. The van der Waals surface area contributed by atoms with E-state index in [-0.39, 0.29) is 5.54 Å². The lowest BCUT2D eigenvalue weighted by atomic mass is 9.94. The maximum Gasteiger partial charge on any atom is 0.0333 e. The van der Waals surface area contributed by atoms with Crippen LogP contribution in [0.5, 0.6) is 0 Å². The van der Waals surface area contributed by atoms with Crippen molar-refractivity contribution < 1.29 is 0 Å². The molecule has 0 aromatic heterocycles. The van der Waals surface area contributed by atoms with E-state index in [4.69, 9.17) is 5.73 Å². The fourth-order valence-corrected chi connectivity index (χ4v) is 0.818. The van der Waals surface area contributed by atoms with Crippen molar-refractivity contribution in [2.45, 2.75) is 39.2 Å². The molecule has 0 spiro atoms. The van der Waals surface area contributed by atoms with Gasteiger partial charge in [0, 0.05) is 5.54 Å². The van der Waals surface area contributed by atoms with Gasteiger partial charge in [0.15, 0.2) is 0 Å². The number of nitrogens with two attached hydrogens (primary N) is 1. The Morgan fingerprint density at radius 2 is 1.78 bits per heavy atom. The highest BCUT2D eigenvalue weighted by atomic mass is 14.7. The number of allylic oxidation sites excluding steroid dienone is 1. The minimum absolute atomic E-state index is 0.0469. The number of hydrogen-bond donors (Lipinski definition) is 1. The molecule has 0 aliphatic rings. The van der Waals surface area contributed by atoms with Gasteiger partial charge in [-0.25, -0.2) is 0 Å². The first-order chi connectivity index (χ1) is 4.18. The Kier molecular flexibility index (Phi) is 3.55. The van der Waals surface area contributed by atoms with Crippen LogP contribution in [0.3, 0.4) is 0 Å². The second-order valence-electron chi connectivity index (χ2n) is 2.44. The van der Waals surface area contributed by atoms with Gasteiger partial charge in [-0.1, -0.05) is 26.0 Å². The zero-order valence-electron chi connectivity index (χ0n) is 6.65. The molecule has 1 nitrogen and oxygen atoms in total. The first-order valence-electron chi connectivity index (χ1n) is 3.61. The summed E-state index contributed by atoms with van der Waals surface area (Å²) in [5.41, 5.74) is 5.87. The lowest BCUT2D eigenvalue weighted by Crippen LogP contribution is -2.35. The molecular weight excluding hydrogens is 110 g/mol. The summed E-state index contributed by atoms with van der Waals surface area (Å²) in [6.45, 7) is 6.24. The fraction of sp³-hybridized carbons (Fsp3) is 0.750. The third-order valence-electron chi connectivity index (χ3n) is 1.82. The van der Waals surface area contributed by atoms with E-state index < -0.39 is 0 Å². The second-order valence-corrected chi connectivity index (χ2v) is 2.44. The molecule has 0 fully saturated rings. The maximum absolute atomic E-state index is 5.92. The summed E-state index contributed by atoms with van der Waals surface area (Å²) < 4.78 is 0. The van der Waals surface area contributed by atoms with Gasteiger partial charge in [-0.2, -0.15) is 0 Å². The van der Waals surface area contributed by atoms with Gasteiger partial charge < -0.3 is 5.73 Å². The molecular formula is C8H17N. The lowest BCUT2D eigenvalue weighted by Gasteiger charge is -2.21. The van der Waals surface area contributed by atoms with Crippen LogP contribution in [0.15, 0.2) is 12.2 Å². The SMILES string of the molecule is CC=CC(N)(CC)CC. The molecule has 0 rings (SSSR count). The Morgan fingerprint density at radius 1 is 1.33 bits per heavy atom. The summed E-state index contributed by atoms with van der Waals surface area (Å²) in [6.07, 6.45) is 6.14. The highest BCUT2D eigenvalue weighted by molar-refractivity contribution is 5.01. The zero-order valence-corrected chi connectivity index (χ0v) is 6.65. The van der Waals surface area contributed by atoms with E-state index in [1.54, 1.807) is 0 Å². The molecule has 0 radical (unpaired) electrons. The van der Waals surface area contributed by atoms with Crippen molar-refractivity contribution in [2.24, 2.45) is 5.73 Å². The molecule has 0 saturated heterocycles. The highest BCUT2D eigenvalue weighted by Crippen LogP contribution is 2.11. The monoisotopic (exact) mass is 127 g/mol. The largest absolute Gasteiger partial charge is 0.322 e. The molecule has 2 N–H and O–H groups in total. The van der Waals surface area contributed by atoms with Gasteiger partial charge in [0.05, 0.1) is 0 Å². The van der Waals surface area contributed by atoms with E-state index in [0.29, 0.717) is 0 Å². The van der Waals surface area contributed by atoms with Crippen LogP contribution in [-0.2, 0) is 0 Å². The van der Waals surface area contributed by atoms with E-state index in [1.807, 2.05) is 13.0 Å². The van der Waals surface area contributed by atoms with Crippen LogP contribution >= 0.6 is 0 Å². The molecule has 0 bridgehead atoms. The van der Waals surface area contributed by atoms with E-state index in [2.05, 4.69) is 19.9 Å². The summed E-state index contributed by atoms with van der Waals surface area (Å²) in [4.78, 5) is 0. The van der Waals surface area contributed by atoms with Gasteiger partial charge >= 0.3 is 0 Å². The summed E-state index contributed by atoms with van der Waals surface area (Å²) in [5.74, 6) is 0. The molecule has 0 heterocycles. The smallest absolute Gasteiger partial charge is 0.0333 e. The van der Waals surface area contributed by atoms with Gasteiger partial charge in [0.1, 0.15) is 0 Å². The van der Waals surface area contributed by atoms with Crippen LogP contribution in [0.2, 0.25) is 0 Å². The van der Waals surface area contributed by atoms with Gasteiger partial charge in [-0.3, -0.25) is 0 Å². The Hall–Kier alpha value is -0.300. The highest BCUT2D eigenvalue weighted by Gasteiger charge is 2.14. The molecule has 0 amide bonds. The van der Waals surface area contributed by atoms with E-state index in [0.717, 1.165) is 12.8 Å². The third-order valence-corrected chi connectivity index (χ3v) is 1.82. The summed E-state index contributed by atoms with van der Waals surface area (Å²) >= 11 is 0. The van der Waals surface area contributed by atoms with Crippen molar-refractivity contribution >= 4 is 0 Å². The van der Waals surface area contributed by atoms with Crippen molar-refractivity contribution in [3.8, 4) is 0 Å². The number of rotatable bonds is 3. The topological polar surface area (TPSA) is 26.0 Å². The molecule has 0 atom stereocenters. The zero-order chi connectivity index (χ0) is 7.33. The molecule has 54 valence electrons. The van der Waals surface area contributed by atoms with Crippen LogP contribution in [0, 0.1) is 0 Å². The summed E-state index contributed by atoms with van der Waals surface area (Å²) in [5, 5.41) is 0. The molecule has 9 heavy (non-hydrogen) atoms. The van der Waals surface area contributed by atoms with Crippen molar-refractivity contribution in [1.82, 2.24) is 0 Å². The quantitative estimate of drug-likeness (QED) is 0.577. The second kappa shape index (κ2) is 3.67. The first-order valence-corrected chi connectivity index (χ1v) is 3.61. The first kappa shape index (κ1) is 8.70. The van der Waals surface area contributed by atoms with E-state index >= 15 is 0 Å². The van der Waals surface area contributed by atoms with Crippen molar-refractivity contribution in [3.05, 3.63) is 12.2 Å². The van der Waals surface area contributed by atoms with Gasteiger partial charge in [-0.05, 0) is 19.8 Å². The van der Waals surface area contributed by atoms with Crippen LogP contribution in [-0.4, -0.2) is 5.54 Å². The van der Waals surface area contributed by atoms with E-state index in [1.165, 1.54) is 0 Å². The van der Waals surface area contributed by atoms with Crippen LogP contribution < -0.4 is 5.73 Å². The fourth-order valence-electron chi connectivity index (χ4n) is 0.818. The van der Waals surface area contributed by atoms with Gasteiger partial charge in [0.25, 0.3) is 0 Å². The minimum Gasteiger partial charge on any atom is -0.322 e. The van der Waals surface area contributed by atoms with E-state index in [9.17, 15) is 0 Å². The van der Waals surface area contributed by atoms with Gasteiger partial charge in [-0.15, -0.1) is 0 Å². The Morgan fingerprint density at radius 3 is 1.89 bits per heavy atom. The normalized spacial score (nSPS) is 12.9. The minimum atomic E-state index is -0.0469. The maximum atomic E-state index is 5.92. The van der Waals surface area contributed by atoms with Crippen LogP contribution in [0.4, 0.5) is 0 Å². The van der Waals surface area contributed by atoms with Crippen LogP contribution in [0.25, 0.3) is 0 Å². The molecule has 0 saturated carbocycles. The predicted molar refractivity (Wildman–Crippen MR) is 42.3 cm³/mol. The van der Waals surface area contributed by atoms with Crippen LogP contribution in [0.1, 0.15) is 33.6 Å². The Balaban J connectivity index is 3.92.